The van der Waals surface area contributed by atoms with Crippen LogP contribution in [0.2, 0.25) is 0 Å². The molecule has 1 fully saturated rings. The van der Waals surface area contributed by atoms with Crippen LogP contribution in [-0.2, 0) is 9.59 Å². The summed E-state index contributed by atoms with van der Waals surface area (Å²) >= 11 is 0. The SMILES string of the molecule is CN(C)C(=O)C1CCCN1CC(=O)N1CCC(c2ccccc2)=N1. The fourth-order valence-corrected chi connectivity index (χ4v) is 3.32. The molecule has 1 aromatic rings. The highest BCUT2D eigenvalue weighted by Crippen LogP contribution is 2.20. The molecule has 0 N–H and O–H groups in total. The molecule has 0 spiro atoms. The number of nitrogens with zero attached hydrogens (tertiary/aromatic N) is 4. The molecule has 2 aliphatic heterocycles. The summed E-state index contributed by atoms with van der Waals surface area (Å²) < 4.78 is 0. The van der Waals surface area contributed by atoms with Crippen LogP contribution in [0.15, 0.2) is 35.4 Å². The lowest BCUT2D eigenvalue weighted by molar-refractivity contribution is -0.136. The van der Waals surface area contributed by atoms with E-state index < -0.39 is 0 Å². The highest BCUT2D eigenvalue weighted by atomic mass is 16.2. The van der Waals surface area contributed by atoms with Crippen LogP contribution in [0.3, 0.4) is 0 Å². The topological polar surface area (TPSA) is 56.2 Å². The van der Waals surface area contributed by atoms with Gasteiger partial charge in [0, 0.05) is 20.5 Å². The Labute approximate surface area is 142 Å². The minimum Gasteiger partial charge on any atom is -0.347 e. The largest absolute Gasteiger partial charge is 0.347 e. The second-order valence-electron chi connectivity index (χ2n) is 6.54. The zero-order valence-corrected chi connectivity index (χ0v) is 14.3. The third kappa shape index (κ3) is 3.48. The predicted octanol–water partition coefficient (Wildman–Crippen LogP) is 1.18. The quantitative estimate of drug-likeness (QED) is 0.834. The number of rotatable bonds is 4. The zero-order chi connectivity index (χ0) is 17.1. The lowest BCUT2D eigenvalue weighted by atomic mass is 10.1. The Hall–Kier alpha value is -2.21. The summed E-state index contributed by atoms with van der Waals surface area (Å²) in [5, 5.41) is 6.04. The maximum Gasteiger partial charge on any atom is 0.256 e. The minimum atomic E-state index is -0.177. The lowest BCUT2D eigenvalue weighted by Crippen LogP contribution is -2.46. The Morgan fingerprint density at radius 2 is 1.96 bits per heavy atom. The van der Waals surface area contributed by atoms with Crippen molar-refractivity contribution >= 4 is 17.5 Å². The third-order valence-corrected chi connectivity index (χ3v) is 4.62. The average Bonchev–Trinajstić information content (AvgIpc) is 3.24. The Morgan fingerprint density at radius 1 is 1.21 bits per heavy atom. The van der Waals surface area contributed by atoms with E-state index in [1.807, 2.05) is 35.2 Å². The first-order valence-corrected chi connectivity index (χ1v) is 8.45. The first-order chi connectivity index (χ1) is 11.6. The highest BCUT2D eigenvalue weighted by Gasteiger charge is 2.34. The normalized spacial score (nSPS) is 21.0. The van der Waals surface area contributed by atoms with E-state index in [0.29, 0.717) is 6.54 Å². The molecule has 0 bridgehead atoms. The van der Waals surface area contributed by atoms with E-state index in [4.69, 9.17) is 0 Å². The van der Waals surface area contributed by atoms with Gasteiger partial charge in [-0.05, 0) is 24.9 Å². The van der Waals surface area contributed by atoms with E-state index in [0.717, 1.165) is 37.1 Å². The van der Waals surface area contributed by atoms with E-state index in [9.17, 15) is 9.59 Å². The maximum atomic E-state index is 12.6. The number of likely N-dealkylation sites (N-methyl/N-ethyl adjacent to an activating group) is 1. The maximum absolute atomic E-state index is 12.6. The Morgan fingerprint density at radius 3 is 2.67 bits per heavy atom. The smallest absolute Gasteiger partial charge is 0.256 e. The Kier molecular flexibility index (Phi) is 4.94. The van der Waals surface area contributed by atoms with Crippen molar-refractivity contribution in [1.82, 2.24) is 14.8 Å². The molecule has 3 rings (SSSR count). The molecule has 2 amide bonds. The number of likely N-dealkylation sites (tertiary alicyclic amines) is 1. The highest BCUT2D eigenvalue weighted by molar-refractivity contribution is 6.02. The van der Waals surface area contributed by atoms with Crippen LogP contribution >= 0.6 is 0 Å². The van der Waals surface area contributed by atoms with Crippen molar-refractivity contribution in [3.05, 3.63) is 35.9 Å². The summed E-state index contributed by atoms with van der Waals surface area (Å²) in [4.78, 5) is 28.4. The molecule has 2 aliphatic rings. The molecule has 2 heterocycles. The van der Waals surface area contributed by atoms with E-state index in [1.54, 1.807) is 24.0 Å². The van der Waals surface area contributed by atoms with Gasteiger partial charge < -0.3 is 4.90 Å². The first-order valence-electron chi connectivity index (χ1n) is 8.45. The summed E-state index contributed by atoms with van der Waals surface area (Å²) in [6.45, 7) is 1.66. The number of amides is 2. The summed E-state index contributed by atoms with van der Waals surface area (Å²) in [7, 11) is 3.52. The van der Waals surface area contributed by atoms with Gasteiger partial charge in [0.2, 0.25) is 5.91 Å². The molecule has 6 heteroatoms. The zero-order valence-electron chi connectivity index (χ0n) is 14.3. The van der Waals surface area contributed by atoms with Crippen LogP contribution in [0.25, 0.3) is 0 Å². The van der Waals surface area contributed by atoms with Gasteiger partial charge in [0.1, 0.15) is 0 Å². The molecule has 6 nitrogen and oxygen atoms in total. The van der Waals surface area contributed by atoms with Gasteiger partial charge in [-0.1, -0.05) is 30.3 Å². The lowest BCUT2D eigenvalue weighted by Gasteiger charge is -2.26. The van der Waals surface area contributed by atoms with Gasteiger partial charge >= 0.3 is 0 Å². The van der Waals surface area contributed by atoms with Crippen LogP contribution < -0.4 is 0 Å². The number of hydrogen-bond acceptors (Lipinski definition) is 4. The molecular weight excluding hydrogens is 304 g/mol. The molecule has 1 unspecified atom stereocenters. The van der Waals surface area contributed by atoms with Gasteiger partial charge in [0.15, 0.2) is 0 Å². The third-order valence-electron chi connectivity index (χ3n) is 4.62. The number of hydrazone groups is 1. The summed E-state index contributed by atoms with van der Waals surface area (Å²) in [5.74, 6) is 0.0505. The van der Waals surface area contributed by atoms with Gasteiger partial charge in [-0.2, -0.15) is 5.10 Å². The molecule has 1 aromatic carbocycles. The monoisotopic (exact) mass is 328 g/mol. The van der Waals surface area contributed by atoms with Crippen molar-refractivity contribution in [3.8, 4) is 0 Å². The molecule has 0 aliphatic carbocycles. The van der Waals surface area contributed by atoms with E-state index in [1.165, 1.54) is 0 Å². The summed E-state index contributed by atoms with van der Waals surface area (Å²) in [5.41, 5.74) is 2.01. The van der Waals surface area contributed by atoms with Crippen LogP contribution in [-0.4, -0.2) is 72.1 Å². The molecule has 0 radical (unpaired) electrons. The van der Waals surface area contributed by atoms with Crippen molar-refractivity contribution in [2.75, 3.05) is 33.7 Å². The summed E-state index contributed by atoms with van der Waals surface area (Å²) in [6, 6.07) is 9.77. The molecular formula is C18H24N4O2. The predicted molar refractivity (Wildman–Crippen MR) is 92.6 cm³/mol. The Bertz CT molecular complexity index is 642. The summed E-state index contributed by atoms with van der Waals surface area (Å²) in [6.07, 6.45) is 2.55. The van der Waals surface area contributed by atoms with Gasteiger partial charge in [0.25, 0.3) is 5.91 Å². The van der Waals surface area contributed by atoms with Crippen LogP contribution in [0, 0.1) is 0 Å². The molecule has 1 saturated heterocycles. The van der Waals surface area contributed by atoms with Crippen molar-refractivity contribution in [2.24, 2.45) is 5.10 Å². The minimum absolute atomic E-state index is 0.0283. The fraction of sp³-hybridized carbons (Fsp3) is 0.500. The fourth-order valence-electron chi connectivity index (χ4n) is 3.32. The van der Waals surface area contributed by atoms with Crippen molar-refractivity contribution in [3.63, 3.8) is 0 Å². The Balaban J connectivity index is 1.63. The van der Waals surface area contributed by atoms with Crippen molar-refractivity contribution in [2.45, 2.75) is 25.3 Å². The number of carbonyl (C=O) groups is 2. The van der Waals surface area contributed by atoms with Crippen LogP contribution in [0.4, 0.5) is 0 Å². The molecule has 24 heavy (non-hydrogen) atoms. The molecule has 1 atom stereocenters. The molecule has 0 aromatic heterocycles. The van der Waals surface area contributed by atoms with Gasteiger partial charge in [-0.3, -0.25) is 14.5 Å². The van der Waals surface area contributed by atoms with Crippen LogP contribution in [0.5, 0.6) is 0 Å². The van der Waals surface area contributed by atoms with Gasteiger partial charge in [-0.25, -0.2) is 5.01 Å². The standard InChI is InChI=1S/C18H24N4O2/c1-20(2)18(24)16-9-6-11-21(16)13-17(23)22-12-10-15(19-22)14-7-4-3-5-8-14/h3-5,7-8,16H,6,9-13H2,1-2H3. The second-order valence-corrected chi connectivity index (χ2v) is 6.54. The first kappa shape index (κ1) is 16.6. The van der Waals surface area contributed by atoms with E-state index in [-0.39, 0.29) is 24.4 Å². The van der Waals surface area contributed by atoms with Crippen LogP contribution in [0.1, 0.15) is 24.8 Å². The van der Waals surface area contributed by atoms with Gasteiger partial charge in [0.05, 0.1) is 24.8 Å². The van der Waals surface area contributed by atoms with Crippen molar-refractivity contribution < 1.29 is 9.59 Å². The van der Waals surface area contributed by atoms with E-state index in [2.05, 4.69) is 5.10 Å². The van der Waals surface area contributed by atoms with Gasteiger partial charge in [-0.15, -0.1) is 0 Å². The number of hydrogen-bond donors (Lipinski definition) is 0. The van der Waals surface area contributed by atoms with E-state index >= 15 is 0 Å². The molecule has 128 valence electrons. The number of carbonyl (C=O) groups excluding carboxylic acids is 2. The molecule has 0 saturated carbocycles. The number of benzene rings is 1. The second kappa shape index (κ2) is 7.13. The van der Waals surface area contributed by atoms with Crippen molar-refractivity contribution in [1.29, 1.82) is 0 Å². The average molecular weight is 328 g/mol.